The van der Waals surface area contributed by atoms with E-state index in [4.69, 9.17) is 0 Å². The SMILES string of the molecule is Cc1nnc(CNCCCN(C)c2ccccc2)n1C. The Kier molecular flexibility index (Phi) is 5.12. The van der Waals surface area contributed by atoms with E-state index >= 15 is 0 Å². The maximum Gasteiger partial charge on any atom is 0.146 e. The molecule has 0 saturated heterocycles. The maximum atomic E-state index is 4.14. The van der Waals surface area contributed by atoms with Crippen molar-refractivity contribution in [3.63, 3.8) is 0 Å². The van der Waals surface area contributed by atoms with Crippen LogP contribution in [0.4, 0.5) is 5.69 Å². The van der Waals surface area contributed by atoms with Gasteiger partial charge in [0.2, 0.25) is 0 Å². The Bertz CT molecular complexity index is 520. The van der Waals surface area contributed by atoms with E-state index in [1.165, 1.54) is 5.69 Å². The highest BCUT2D eigenvalue weighted by molar-refractivity contribution is 5.44. The first kappa shape index (κ1) is 14.5. The molecule has 0 aliphatic heterocycles. The van der Waals surface area contributed by atoms with Crippen LogP contribution in [0.3, 0.4) is 0 Å². The molecule has 0 aliphatic carbocycles. The molecule has 0 fully saturated rings. The molecule has 0 saturated carbocycles. The minimum atomic E-state index is 0.770. The van der Waals surface area contributed by atoms with Gasteiger partial charge in [0.1, 0.15) is 11.6 Å². The van der Waals surface area contributed by atoms with Gasteiger partial charge in [-0.1, -0.05) is 18.2 Å². The summed E-state index contributed by atoms with van der Waals surface area (Å²) in [6, 6.07) is 10.5. The predicted molar refractivity (Wildman–Crippen MR) is 81.8 cm³/mol. The minimum Gasteiger partial charge on any atom is -0.375 e. The third-order valence-electron chi connectivity index (χ3n) is 3.51. The summed E-state index contributed by atoms with van der Waals surface area (Å²) in [6.45, 7) is 4.75. The lowest BCUT2D eigenvalue weighted by Crippen LogP contribution is -2.24. The Labute approximate surface area is 120 Å². The van der Waals surface area contributed by atoms with Crippen LogP contribution in [-0.2, 0) is 13.6 Å². The second kappa shape index (κ2) is 7.05. The Balaban J connectivity index is 1.66. The Morgan fingerprint density at radius 1 is 1.20 bits per heavy atom. The Morgan fingerprint density at radius 3 is 2.60 bits per heavy atom. The number of hydrogen-bond donors (Lipinski definition) is 1. The lowest BCUT2D eigenvalue weighted by Gasteiger charge is -2.19. The van der Waals surface area contributed by atoms with Crippen LogP contribution >= 0.6 is 0 Å². The number of hydrogen-bond acceptors (Lipinski definition) is 4. The second-order valence-corrected chi connectivity index (χ2v) is 5.01. The predicted octanol–water partition coefficient (Wildman–Crippen LogP) is 1.74. The number of rotatable bonds is 7. The standard InChI is InChI=1S/C15H23N5/c1-13-17-18-15(20(13)3)12-16-10-7-11-19(2)14-8-5-4-6-9-14/h4-6,8-9,16H,7,10-12H2,1-3H3. The summed E-state index contributed by atoms with van der Waals surface area (Å²) in [4.78, 5) is 2.27. The first-order valence-corrected chi connectivity index (χ1v) is 7.00. The van der Waals surface area contributed by atoms with E-state index in [9.17, 15) is 0 Å². The summed E-state index contributed by atoms with van der Waals surface area (Å²) < 4.78 is 2.02. The number of aromatic nitrogens is 3. The highest BCUT2D eigenvalue weighted by Gasteiger charge is 2.04. The van der Waals surface area contributed by atoms with Crippen LogP contribution in [0.2, 0.25) is 0 Å². The first-order valence-electron chi connectivity index (χ1n) is 7.00. The molecule has 1 heterocycles. The lowest BCUT2D eigenvalue weighted by molar-refractivity contribution is 0.609. The number of benzene rings is 1. The van der Waals surface area contributed by atoms with Crippen molar-refractivity contribution in [1.82, 2.24) is 20.1 Å². The largest absolute Gasteiger partial charge is 0.375 e. The third kappa shape index (κ3) is 3.81. The number of aryl methyl sites for hydroxylation is 1. The van der Waals surface area contributed by atoms with Gasteiger partial charge < -0.3 is 14.8 Å². The molecule has 2 rings (SSSR count). The lowest BCUT2D eigenvalue weighted by atomic mass is 10.3. The summed E-state index contributed by atoms with van der Waals surface area (Å²) in [5.41, 5.74) is 1.26. The van der Waals surface area contributed by atoms with E-state index in [1.54, 1.807) is 0 Å². The molecule has 1 aromatic carbocycles. The number of nitrogens with zero attached hydrogens (tertiary/aromatic N) is 4. The molecule has 0 bridgehead atoms. The molecule has 0 amide bonds. The van der Waals surface area contributed by atoms with Gasteiger partial charge in [-0.2, -0.15) is 0 Å². The first-order chi connectivity index (χ1) is 9.68. The van der Waals surface area contributed by atoms with Gasteiger partial charge in [-0.05, 0) is 32.0 Å². The zero-order valence-electron chi connectivity index (χ0n) is 12.5. The van der Waals surface area contributed by atoms with Crippen molar-refractivity contribution in [2.75, 3.05) is 25.0 Å². The zero-order chi connectivity index (χ0) is 14.4. The van der Waals surface area contributed by atoms with E-state index < -0.39 is 0 Å². The normalized spacial score (nSPS) is 10.8. The molecule has 108 valence electrons. The van der Waals surface area contributed by atoms with Crippen molar-refractivity contribution >= 4 is 5.69 Å². The summed E-state index contributed by atoms with van der Waals surface area (Å²) in [7, 11) is 4.12. The molecule has 20 heavy (non-hydrogen) atoms. The molecule has 0 radical (unpaired) electrons. The average molecular weight is 273 g/mol. The Hall–Kier alpha value is -1.88. The van der Waals surface area contributed by atoms with Crippen molar-refractivity contribution in [2.45, 2.75) is 19.9 Å². The van der Waals surface area contributed by atoms with Crippen LogP contribution in [0.25, 0.3) is 0 Å². The van der Waals surface area contributed by atoms with E-state index in [2.05, 4.69) is 51.7 Å². The van der Waals surface area contributed by atoms with E-state index in [0.29, 0.717) is 0 Å². The number of para-hydroxylation sites is 1. The highest BCUT2D eigenvalue weighted by atomic mass is 15.3. The molecule has 0 spiro atoms. The van der Waals surface area contributed by atoms with Gasteiger partial charge in [-0.15, -0.1) is 10.2 Å². The Morgan fingerprint density at radius 2 is 1.95 bits per heavy atom. The molecule has 1 N–H and O–H groups in total. The van der Waals surface area contributed by atoms with Crippen LogP contribution in [-0.4, -0.2) is 34.9 Å². The molecule has 0 aliphatic rings. The number of anilines is 1. The average Bonchev–Trinajstić information content (AvgIpc) is 2.79. The van der Waals surface area contributed by atoms with Gasteiger partial charge in [0, 0.05) is 26.3 Å². The highest BCUT2D eigenvalue weighted by Crippen LogP contribution is 2.10. The van der Waals surface area contributed by atoms with E-state index in [0.717, 1.165) is 37.7 Å². The zero-order valence-corrected chi connectivity index (χ0v) is 12.5. The molecule has 0 unspecified atom stereocenters. The fourth-order valence-corrected chi connectivity index (χ4v) is 2.06. The maximum absolute atomic E-state index is 4.14. The van der Waals surface area contributed by atoms with Gasteiger partial charge in [0.05, 0.1) is 6.54 Å². The molecular formula is C15H23N5. The van der Waals surface area contributed by atoms with Crippen molar-refractivity contribution in [2.24, 2.45) is 7.05 Å². The van der Waals surface area contributed by atoms with E-state index in [1.807, 2.05) is 24.6 Å². The smallest absolute Gasteiger partial charge is 0.146 e. The van der Waals surface area contributed by atoms with Crippen molar-refractivity contribution in [3.05, 3.63) is 42.0 Å². The van der Waals surface area contributed by atoms with Crippen LogP contribution in [0.5, 0.6) is 0 Å². The number of nitrogens with one attached hydrogen (secondary N) is 1. The molecule has 2 aromatic rings. The van der Waals surface area contributed by atoms with Crippen molar-refractivity contribution in [3.8, 4) is 0 Å². The van der Waals surface area contributed by atoms with Gasteiger partial charge in [0.25, 0.3) is 0 Å². The third-order valence-corrected chi connectivity index (χ3v) is 3.51. The van der Waals surface area contributed by atoms with Gasteiger partial charge >= 0.3 is 0 Å². The topological polar surface area (TPSA) is 46.0 Å². The molecule has 1 aromatic heterocycles. The molecule has 5 nitrogen and oxygen atoms in total. The summed E-state index contributed by atoms with van der Waals surface area (Å²) in [5, 5.41) is 11.6. The van der Waals surface area contributed by atoms with Crippen molar-refractivity contribution in [1.29, 1.82) is 0 Å². The summed E-state index contributed by atoms with van der Waals surface area (Å²) in [5.74, 6) is 1.93. The second-order valence-electron chi connectivity index (χ2n) is 5.01. The summed E-state index contributed by atoms with van der Waals surface area (Å²) >= 11 is 0. The quantitative estimate of drug-likeness (QED) is 0.781. The van der Waals surface area contributed by atoms with Crippen LogP contribution in [0.15, 0.2) is 30.3 Å². The summed E-state index contributed by atoms with van der Waals surface area (Å²) in [6.07, 6.45) is 1.10. The fraction of sp³-hybridized carbons (Fsp3) is 0.467. The van der Waals surface area contributed by atoms with Gasteiger partial charge in [-0.25, -0.2) is 0 Å². The molecule has 5 heteroatoms. The van der Waals surface area contributed by atoms with Crippen LogP contribution in [0, 0.1) is 6.92 Å². The van der Waals surface area contributed by atoms with Gasteiger partial charge in [0.15, 0.2) is 0 Å². The molecular weight excluding hydrogens is 250 g/mol. The van der Waals surface area contributed by atoms with Crippen LogP contribution < -0.4 is 10.2 Å². The fourth-order valence-electron chi connectivity index (χ4n) is 2.06. The monoisotopic (exact) mass is 273 g/mol. The molecule has 0 atom stereocenters. The van der Waals surface area contributed by atoms with Gasteiger partial charge in [-0.3, -0.25) is 0 Å². The minimum absolute atomic E-state index is 0.770. The van der Waals surface area contributed by atoms with Crippen molar-refractivity contribution < 1.29 is 0 Å². The van der Waals surface area contributed by atoms with E-state index in [-0.39, 0.29) is 0 Å². The van der Waals surface area contributed by atoms with Crippen LogP contribution in [0.1, 0.15) is 18.1 Å².